The third kappa shape index (κ3) is 5.02. The van der Waals surface area contributed by atoms with E-state index in [4.69, 9.17) is 16.3 Å². The fourth-order valence-corrected chi connectivity index (χ4v) is 2.38. The Balaban J connectivity index is 1.81. The highest BCUT2D eigenvalue weighted by atomic mass is 35.5. The van der Waals surface area contributed by atoms with E-state index >= 15 is 0 Å². The number of rotatable bonds is 7. The molecule has 0 saturated heterocycles. The lowest BCUT2D eigenvalue weighted by Crippen LogP contribution is -2.34. The number of ether oxygens (including phenoxy) is 1. The average Bonchev–Trinajstić information content (AvgIpc) is 2.54. The molecule has 2 unspecified atom stereocenters. The van der Waals surface area contributed by atoms with Crippen LogP contribution in [0.3, 0.4) is 0 Å². The van der Waals surface area contributed by atoms with Gasteiger partial charge < -0.3 is 9.84 Å². The van der Waals surface area contributed by atoms with Gasteiger partial charge in [0.05, 0.1) is 0 Å². The van der Waals surface area contributed by atoms with E-state index in [9.17, 15) is 5.11 Å². The highest BCUT2D eigenvalue weighted by molar-refractivity contribution is 6.30. The molecule has 2 rings (SSSR count). The Morgan fingerprint density at radius 3 is 2.36 bits per heavy atom. The van der Waals surface area contributed by atoms with E-state index in [-0.39, 0.29) is 12.6 Å². The van der Waals surface area contributed by atoms with Gasteiger partial charge in [0, 0.05) is 17.6 Å². The first kappa shape index (κ1) is 16.8. The van der Waals surface area contributed by atoms with E-state index in [0.717, 1.165) is 0 Å². The highest BCUT2D eigenvalue weighted by Crippen LogP contribution is 2.19. The standard InChI is InChI=1S/C18H22ClNO2/c1-14(15-6-4-3-5-7-15)20(2)12-17(21)13-22-18-10-8-16(19)9-11-18/h3-11,14,17,21H,12-13H2,1-2H3. The van der Waals surface area contributed by atoms with E-state index in [2.05, 4.69) is 24.0 Å². The van der Waals surface area contributed by atoms with Gasteiger partial charge in [-0.1, -0.05) is 41.9 Å². The van der Waals surface area contributed by atoms with Gasteiger partial charge >= 0.3 is 0 Å². The fraction of sp³-hybridized carbons (Fsp3) is 0.333. The zero-order valence-electron chi connectivity index (χ0n) is 12.9. The van der Waals surface area contributed by atoms with Crippen molar-refractivity contribution in [1.29, 1.82) is 0 Å². The first-order chi connectivity index (χ1) is 10.6. The van der Waals surface area contributed by atoms with E-state index in [0.29, 0.717) is 17.3 Å². The second-order valence-corrected chi connectivity index (χ2v) is 5.88. The molecular weight excluding hydrogens is 298 g/mol. The SMILES string of the molecule is CC(c1ccccc1)N(C)CC(O)COc1ccc(Cl)cc1. The lowest BCUT2D eigenvalue weighted by Gasteiger charge is -2.27. The molecule has 0 aromatic heterocycles. The summed E-state index contributed by atoms with van der Waals surface area (Å²) in [7, 11) is 2.00. The summed E-state index contributed by atoms with van der Waals surface area (Å²) >= 11 is 5.82. The van der Waals surface area contributed by atoms with Crippen LogP contribution in [0.15, 0.2) is 54.6 Å². The molecule has 0 spiro atoms. The predicted molar refractivity (Wildman–Crippen MR) is 90.4 cm³/mol. The van der Waals surface area contributed by atoms with E-state index < -0.39 is 6.10 Å². The molecule has 0 heterocycles. The Morgan fingerprint density at radius 2 is 1.73 bits per heavy atom. The van der Waals surface area contributed by atoms with Crippen LogP contribution in [-0.2, 0) is 0 Å². The average molecular weight is 320 g/mol. The van der Waals surface area contributed by atoms with Crippen LogP contribution < -0.4 is 4.74 Å². The molecule has 0 aliphatic carbocycles. The third-order valence-electron chi connectivity index (χ3n) is 3.70. The van der Waals surface area contributed by atoms with E-state index in [1.807, 2.05) is 25.2 Å². The normalized spacial score (nSPS) is 13.9. The van der Waals surface area contributed by atoms with Gasteiger partial charge in [-0.25, -0.2) is 0 Å². The maximum atomic E-state index is 10.1. The van der Waals surface area contributed by atoms with Crippen molar-refractivity contribution in [2.24, 2.45) is 0 Å². The lowest BCUT2D eigenvalue weighted by atomic mass is 10.1. The van der Waals surface area contributed by atoms with Gasteiger partial charge in [-0.05, 0) is 43.8 Å². The summed E-state index contributed by atoms with van der Waals surface area (Å²) in [6, 6.07) is 17.6. The molecule has 0 amide bonds. The molecule has 2 aromatic carbocycles. The molecule has 0 fully saturated rings. The third-order valence-corrected chi connectivity index (χ3v) is 3.95. The monoisotopic (exact) mass is 319 g/mol. The molecule has 0 bridgehead atoms. The van der Waals surface area contributed by atoms with Crippen molar-refractivity contribution in [3.05, 3.63) is 65.2 Å². The lowest BCUT2D eigenvalue weighted by molar-refractivity contribution is 0.0654. The summed E-state index contributed by atoms with van der Waals surface area (Å²) in [5, 5.41) is 10.8. The summed E-state index contributed by atoms with van der Waals surface area (Å²) in [5.41, 5.74) is 1.23. The number of benzene rings is 2. The molecule has 0 aliphatic heterocycles. The van der Waals surface area contributed by atoms with Crippen molar-refractivity contribution in [3.8, 4) is 5.75 Å². The number of likely N-dealkylation sites (N-methyl/N-ethyl adjacent to an activating group) is 1. The minimum atomic E-state index is -0.549. The quantitative estimate of drug-likeness (QED) is 0.843. The summed E-state index contributed by atoms with van der Waals surface area (Å²) in [6.45, 7) is 2.93. The Labute approximate surface area is 137 Å². The number of hydrogen-bond donors (Lipinski definition) is 1. The molecule has 2 atom stereocenters. The second-order valence-electron chi connectivity index (χ2n) is 5.44. The van der Waals surface area contributed by atoms with Crippen molar-refractivity contribution in [2.45, 2.75) is 19.1 Å². The van der Waals surface area contributed by atoms with Gasteiger partial charge in [-0.2, -0.15) is 0 Å². The zero-order chi connectivity index (χ0) is 15.9. The fourth-order valence-electron chi connectivity index (χ4n) is 2.25. The summed E-state index contributed by atoms with van der Waals surface area (Å²) in [4.78, 5) is 2.12. The van der Waals surface area contributed by atoms with Gasteiger partial charge in [-0.15, -0.1) is 0 Å². The van der Waals surface area contributed by atoms with Gasteiger partial charge in [0.2, 0.25) is 0 Å². The number of nitrogens with zero attached hydrogens (tertiary/aromatic N) is 1. The number of halogens is 1. The smallest absolute Gasteiger partial charge is 0.119 e. The highest BCUT2D eigenvalue weighted by Gasteiger charge is 2.15. The van der Waals surface area contributed by atoms with Crippen LogP contribution >= 0.6 is 11.6 Å². The summed E-state index contributed by atoms with van der Waals surface area (Å²) in [6.07, 6.45) is -0.549. The molecule has 22 heavy (non-hydrogen) atoms. The first-order valence-electron chi connectivity index (χ1n) is 7.38. The molecule has 0 radical (unpaired) electrons. The maximum Gasteiger partial charge on any atom is 0.119 e. The van der Waals surface area contributed by atoms with E-state index in [1.165, 1.54) is 5.56 Å². The minimum Gasteiger partial charge on any atom is -0.491 e. The molecule has 4 heteroatoms. The van der Waals surface area contributed by atoms with Crippen molar-refractivity contribution in [1.82, 2.24) is 4.90 Å². The topological polar surface area (TPSA) is 32.7 Å². The molecule has 0 saturated carbocycles. The predicted octanol–water partition coefficient (Wildman–Crippen LogP) is 3.77. The largest absolute Gasteiger partial charge is 0.491 e. The second kappa shape index (κ2) is 8.18. The van der Waals surface area contributed by atoms with Crippen LogP contribution in [0.5, 0.6) is 5.75 Å². The Morgan fingerprint density at radius 1 is 1.09 bits per heavy atom. The van der Waals surface area contributed by atoms with E-state index in [1.54, 1.807) is 24.3 Å². The molecular formula is C18H22ClNO2. The summed E-state index contributed by atoms with van der Waals surface area (Å²) < 4.78 is 5.57. The first-order valence-corrected chi connectivity index (χ1v) is 7.75. The molecule has 1 N–H and O–H groups in total. The number of aliphatic hydroxyl groups excluding tert-OH is 1. The van der Waals surface area contributed by atoms with Gasteiger partial charge in [0.15, 0.2) is 0 Å². The molecule has 3 nitrogen and oxygen atoms in total. The van der Waals surface area contributed by atoms with Crippen molar-refractivity contribution in [2.75, 3.05) is 20.2 Å². The zero-order valence-corrected chi connectivity index (χ0v) is 13.7. The van der Waals surface area contributed by atoms with Crippen molar-refractivity contribution >= 4 is 11.6 Å². The van der Waals surface area contributed by atoms with Crippen LogP contribution in [0.2, 0.25) is 5.02 Å². The van der Waals surface area contributed by atoms with Crippen LogP contribution in [0.1, 0.15) is 18.5 Å². The Kier molecular flexibility index (Phi) is 6.25. The van der Waals surface area contributed by atoms with Crippen LogP contribution in [0.25, 0.3) is 0 Å². The molecule has 0 aliphatic rings. The van der Waals surface area contributed by atoms with Gasteiger partial charge in [-0.3, -0.25) is 4.90 Å². The molecule has 118 valence electrons. The molecule has 2 aromatic rings. The van der Waals surface area contributed by atoms with Crippen molar-refractivity contribution < 1.29 is 9.84 Å². The maximum absolute atomic E-state index is 10.1. The van der Waals surface area contributed by atoms with Crippen LogP contribution in [-0.4, -0.2) is 36.3 Å². The number of hydrogen-bond acceptors (Lipinski definition) is 3. The van der Waals surface area contributed by atoms with Gasteiger partial charge in [0.1, 0.15) is 18.5 Å². The Hall–Kier alpha value is -1.55. The van der Waals surface area contributed by atoms with Crippen LogP contribution in [0, 0.1) is 0 Å². The van der Waals surface area contributed by atoms with Crippen molar-refractivity contribution in [3.63, 3.8) is 0 Å². The van der Waals surface area contributed by atoms with Crippen LogP contribution in [0.4, 0.5) is 0 Å². The summed E-state index contributed by atoms with van der Waals surface area (Å²) in [5.74, 6) is 0.710. The van der Waals surface area contributed by atoms with Gasteiger partial charge in [0.25, 0.3) is 0 Å². The minimum absolute atomic E-state index is 0.242. The number of aliphatic hydroxyl groups is 1. The Bertz CT molecular complexity index is 559.